The van der Waals surface area contributed by atoms with Gasteiger partial charge >= 0.3 is 0 Å². The second kappa shape index (κ2) is 11.5. The van der Waals surface area contributed by atoms with E-state index in [1.54, 1.807) is 0 Å². The van der Waals surface area contributed by atoms with Gasteiger partial charge in [0.15, 0.2) is 5.96 Å². The van der Waals surface area contributed by atoms with Gasteiger partial charge in [0.25, 0.3) is 0 Å². The molecule has 2 heterocycles. The first kappa shape index (κ1) is 22.8. The predicted octanol–water partition coefficient (Wildman–Crippen LogP) is 0.662. The fourth-order valence-electron chi connectivity index (χ4n) is 3.83. The van der Waals surface area contributed by atoms with Crippen molar-refractivity contribution in [2.24, 2.45) is 4.99 Å². The molecule has 0 amide bonds. The first-order valence-corrected chi connectivity index (χ1v) is 11.0. The van der Waals surface area contributed by atoms with Gasteiger partial charge in [0.05, 0.1) is 38.6 Å². The van der Waals surface area contributed by atoms with Crippen LogP contribution in [0.4, 0.5) is 5.69 Å². The molecule has 30 heavy (non-hydrogen) atoms. The van der Waals surface area contributed by atoms with Crippen LogP contribution in [0.5, 0.6) is 0 Å². The summed E-state index contributed by atoms with van der Waals surface area (Å²) in [6.07, 6.45) is 0. The molecule has 3 N–H and O–H groups in total. The number of nitrogens with one attached hydrogen (secondary N) is 2. The number of nitrogens with zero attached hydrogens (tertiary/aromatic N) is 3. The first-order chi connectivity index (χ1) is 14.6. The van der Waals surface area contributed by atoms with Crippen molar-refractivity contribution in [3.8, 4) is 0 Å². The summed E-state index contributed by atoms with van der Waals surface area (Å²) in [6.45, 7) is 12.8. The molecule has 2 fully saturated rings. The van der Waals surface area contributed by atoms with Gasteiger partial charge in [-0.25, -0.2) is 4.99 Å². The molecule has 1 atom stereocenters. The lowest BCUT2D eigenvalue weighted by Gasteiger charge is -2.34. The van der Waals surface area contributed by atoms with Crippen molar-refractivity contribution in [3.63, 3.8) is 0 Å². The summed E-state index contributed by atoms with van der Waals surface area (Å²) in [5, 5.41) is 17.4. The monoisotopic (exact) mass is 419 g/mol. The summed E-state index contributed by atoms with van der Waals surface area (Å²) < 4.78 is 10.9. The van der Waals surface area contributed by atoms with Crippen LogP contribution in [0.15, 0.2) is 29.3 Å². The second-order valence-electron chi connectivity index (χ2n) is 8.16. The summed E-state index contributed by atoms with van der Waals surface area (Å²) in [5.74, 6) is 0.719. The fraction of sp³-hybridized carbons (Fsp3) is 0.682. The summed E-state index contributed by atoms with van der Waals surface area (Å²) >= 11 is 0. The third-order valence-corrected chi connectivity index (χ3v) is 5.40. The van der Waals surface area contributed by atoms with Gasteiger partial charge in [0.2, 0.25) is 0 Å². The van der Waals surface area contributed by atoms with Crippen LogP contribution < -0.4 is 15.5 Å². The highest BCUT2D eigenvalue weighted by atomic mass is 16.5. The summed E-state index contributed by atoms with van der Waals surface area (Å²) in [7, 11) is 0. The number of para-hydroxylation sites is 1. The third-order valence-electron chi connectivity index (χ3n) is 5.40. The van der Waals surface area contributed by atoms with E-state index in [1.165, 1.54) is 11.3 Å². The number of hydrogen-bond acceptors (Lipinski definition) is 6. The molecule has 1 aromatic carbocycles. The van der Waals surface area contributed by atoms with Crippen LogP contribution in [0, 0.1) is 0 Å². The molecule has 1 aromatic rings. The zero-order valence-corrected chi connectivity index (χ0v) is 18.4. The largest absolute Gasteiger partial charge is 0.387 e. The zero-order valence-electron chi connectivity index (χ0n) is 18.4. The van der Waals surface area contributed by atoms with E-state index in [-0.39, 0.29) is 0 Å². The standard InChI is InChI=1S/C22H37N5O3/c1-3-23-21(25-17-22(2,28)18-26-8-12-29-13-9-26)24-16-19-6-4-5-7-20(19)27-10-14-30-15-11-27/h4-7,28H,3,8-18H2,1-2H3,(H2,23,24,25). The molecule has 168 valence electrons. The van der Waals surface area contributed by atoms with Crippen molar-refractivity contribution in [1.29, 1.82) is 0 Å². The molecule has 0 aliphatic carbocycles. The van der Waals surface area contributed by atoms with Crippen LogP contribution in [0.3, 0.4) is 0 Å². The Morgan fingerprint density at radius 3 is 2.43 bits per heavy atom. The first-order valence-electron chi connectivity index (χ1n) is 11.0. The van der Waals surface area contributed by atoms with Gasteiger partial charge in [-0.1, -0.05) is 18.2 Å². The van der Waals surface area contributed by atoms with Gasteiger partial charge in [0.1, 0.15) is 0 Å². The third kappa shape index (κ3) is 7.12. The van der Waals surface area contributed by atoms with E-state index in [9.17, 15) is 5.11 Å². The Morgan fingerprint density at radius 2 is 1.73 bits per heavy atom. The maximum absolute atomic E-state index is 10.8. The van der Waals surface area contributed by atoms with Crippen molar-refractivity contribution in [2.45, 2.75) is 26.0 Å². The van der Waals surface area contributed by atoms with E-state index in [0.29, 0.717) is 19.6 Å². The minimum absolute atomic E-state index is 0.432. The number of aliphatic imine (C=N–C) groups is 1. The Kier molecular flexibility index (Phi) is 8.74. The number of anilines is 1. The average molecular weight is 420 g/mol. The molecular formula is C22H37N5O3. The molecule has 0 bridgehead atoms. The molecule has 2 saturated heterocycles. The van der Waals surface area contributed by atoms with E-state index >= 15 is 0 Å². The highest BCUT2D eigenvalue weighted by molar-refractivity contribution is 5.80. The van der Waals surface area contributed by atoms with Crippen LogP contribution in [0.1, 0.15) is 19.4 Å². The lowest BCUT2D eigenvalue weighted by atomic mass is 10.1. The Balaban J connectivity index is 1.59. The highest BCUT2D eigenvalue weighted by Gasteiger charge is 2.25. The molecule has 1 unspecified atom stereocenters. The Morgan fingerprint density at radius 1 is 1.07 bits per heavy atom. The quantitative estimate of drug-likeness (QED) is 0.422. The van der Waals surface area contributed by atoms with Crippen molar-refractivity contribution >= 4 is 11.6 Å². The molecule has 0 radical (unpaired) electrons. The fourth-order valence-corrected chi connectivity index (χ4v) is 3.83. The normalized spacial score (nSPS) is 20.6. The number of rotatable bonds is 8. The van der Waals surface area contributed by atoms with E-state index in [0.717, 1.165) is 65.1 Å². The van der Waals surface area contributed by atoms with Gasteiger partial charge in [-0.15, -0.1) is 0 Å². The maximum atomic E-state index is 10.8. The van der Waals surface area contributed by atoms with E-state index in [1.807, 2.05) is 13.8 Å². The summed E-state index contributed by atoms with van der Waals surface area (Å²) in [6, 6.07) is 8.42. The lowest BCUT2D eigenvalue weighted by molar-refractivity contribution is -0.0201. The Hall–Kier alpha value is -1.87. The number of β-amino-alcohol motifs (C(OH)–C–C–N with tert-alkyl or cyclic N) is 1. The van der Waals surface area contributed by atoms with E-state index < -0.39 is 5.60 Å². The number of aliphatic hydroxyl groups is 1. The molecule has 3 rings (SSSR count). The minimum atomic E-state index is -0.848. The lowest BCUT2D eigenvalue weighted by Crippen LogP contribution is -2.53. The summed E-state index contributed by atoms with van der Waals surface area (Å²) in [4.78, 5) is 9.39. The van der Waals surface area contributed by atoms with Crippen LogP contribution >= 0.6 is 0 Å². The Labute approximate surface area is 180 Å². The van der Waals surface area contributed by atoms with Gasteiger partial charge in [-0.05, 0) is 25.5 Å². The van der Waals surface area contributed by atoms with Gasteiger partial charge in [-0.2, -0.15) is 0 Å². The van der Waals surface area contributed by atoms with Crippen LogP contribution in [0.2, 0.25) is 0 Å². The molecule has 2 aliphatic rings. The van der Waals surface area contributed by atoms with Crippen molar-refractivity contribution < 1.29 is 14.6 Å². The number of benzene rings is 1. The maximum Gasteiger partial charge on any atom is 0.191 e. The number of ether oxygens (including phenoxy) is 2. The molecular weight excluding hydrogens is 382 g/mol. The zero-order chi connectivity index (χ0) is 21.2. The molecule has 0 saturated carbocycles. The second-order valence-corrected chi connectivity index (χ2v) is 8.16. The number of morpholine rings is 2. The molecule has 0 aromatic heterocycles. The minimum Gasteiger partial charge on any atom is -0.387 e. The smallest absolute Gasteiger partial charge is 0.191 e. The van der Waals surface area contributed by atoms with E-state index in [2.05, 4.69) is 44.7 Å². The van der Waals surface area contributed by atoms with E-state index in [4.69, 9.17) is 14.5 Å². The van der Waals surface area contributed by atoms with Crippen molar-refractivity contribution in [3.05, 3.63) is 29.8 Å². The van der Waals surface area contributed by atoms with Crippen LogP contribution in [-0.2, 0) is 16.0 Å². The molecule has 8 heteroatoms. The summed E-state index contributed by atoms with van der Waals surface area (Å²) in [5.41, 5.74) is 1.57. The SMILES string of the molecule is CCNC(=NCc1ccccc1N1CCOCC1)NCC(C)(O)CN1CCOCC1. The number of hydrogen-bond donors (Lipinski definition) is 3. The topological polar surface area (TPSA) is 81.6 Å². The Bertz CT molecular complexity index is 670. The predicted molar refractivity (Wildman–Crippen MR) is 120 cm³/mol. The highest BCUT2D eigenvalue weighted by Crippen LogP contribution is 2.22. The van der Waals surface area contributed by atoms with Crippen molar-refractivity contribution in [1.82, 2.24) is 15.5 Å². The average Bonchev–Trinajstić information content (AvgIpc) is 2.77. The van der Waals surface area contributed by atoms with Crippen LogP contribution in [0.25, 0.3) is 0 Å². The van der Waals surface area contributed by atoms with Gasteiger partial charge < -0.3 is 30.1 Å². The molecule has 0 spiro atoms. The van der Waals surface area contributed by atoms with Crippen LogP contribution in [-0.4, -0.2) is 93.8 Å². The number of guanidine groups is 1. The molecule has 8 nitrogen and oxygen atoms in total. The van der Waals surface area contributed by atoms with Crippen molar-refractivity contribution in [2.75, 3.05) is 77.1 Å². The molecule has 2 aliphatic heterocycles. The van der Waals surface area contributed by atoms with Gasteiger partial charge in [-0.3, -0.25) is 4.90 Å². The van der Waals surface area contributed by atoms with Gasteiger partial charge in [0, 0.05) is 51.5 Å².